The van der Waals surface area contributed by atoms with Crippen molar-refractivity contribution in [2.24, 2.45) is 0 Å². The van der Waals surface area contributed by atoms with Crippen molar-refractivity contribution in [2.45, 2.75) is 19.5 Å². The summed E-state index contributed by atoms with van der Waals surface area (Å²) in [5.41, 5.74) is 0.911. The molecule has 1 aliphatic heterocycles. The van der Waals surface area contributed by atoms with E-state index in [9.17, 15) is 9.18 Å². The molecule has 0 bridgehead atoms. The highest BCUT2D eigenvalue weighted by atomic mass is 19.1. The first-order chi connectivity index (χ1) is 13.1. The van der Waals surface area contributed by atoms with Crippen LogP contribution in [0, 0.1) is 5.82 Å². The van der Waals surface area contributed by atoms with E-state index in [4.69, 9.17) is 4.74 Å². The van der Waals surface area contributed by atoms with Crippen LogP contribution in [0.1, 0.15) is 12.5 Å². The number of amides is 1. The summed E-state index contributed by atoms with van der Waals surface area (Å²) >= 11 is 0. The highest BCUT2D eigenvalue weighted by Crippen LogP contribution is 2.19. The highest BCUT2D eigenvalue weighted by Gasteiger charge is 2.26. The third-order valence-electron chi connectivity index (χ3n) is 4.76. The maximum absolute atomic E-state index is 13.8. The molecule has 27 heavy (non-hydrogen) atoms. The summed E-state index contributed by atoms with van der Waals surface area (Å²) in [6, 6.07) is 6.48. The third kappa shape index (κ3) is 4.99. The van der Waals surface area contributed by atoms with Crippen molar-refractivity contribution < 1.29 is 13.9 Å². The van der Waals surface area contributed by atoms with E-state index in [1.807, 2.05) is 13.0 Å². The van der Waals surface area contributed by atoms with E-state index in [2.05, 4.69) is 25.1 Å². The predicted octanol–water partition coefficient (Wildman–Crippen LogP) is 1.77. The SMILES string of the molecule is COc1ccc(CN2CCN(C(C)C(=O)Nc3ncccn3)CC2)cc1F. The first-order valence-electron chi connectivity index (χ1n) is 8.93. The monoisotopic (exact) mass is 373 g/mol. The standard InChI is InChI=1S/C19H24FN5O2/c1-14(18(26)23-19-21-6-3-7-22-19)25-10-8-24(9-11-25)13-15-4-5-17(27-2)16(20)12-15/h3-7,12,14H,8-11,13H2,1-2H3,(H,21,22,23,26). The van der Waals surface area contributed by atoms with Crippen molar-refractivity contribution in [3.63, 3.8) is 0 Å². The summed E-state index contributed by atoms with van der Waals surface area (Å²) in [5.74, 6) is 0.106. The molecule has 2 aromatic rings. The molecule has 144 valence electrons. The lowest BCUT2D eigenvalue weighted by Gasteiger charge is -2.37. The van der Waals surface area contributed by atoms with Crippen LogP contribution in [0.25, 0.3) is 0 Å². The van der Waals surface area contributed by atoms with Crippen molar-refractivity contribution in [2.75, 3.05) is 38.6 Å². The molecule has 7 nitrogen and oxygen atoms in total. The second-order valence-electron chi connectivity index (χ2n) is 6.52. The minimum absolute atomic E-state index is 0.119. The van der Waals surface area contributed by atoms with Crippen LogP contribution in [0.3, 0.4) is 0 Å². The van der Waals surface area contributed by atoms with E-state index in [1.165, 1.54) is 13.2 Å². The number of aromatic nitrogens is 2. The largest absolute Gasteiger partial charge is 0.494 e. The fourth-order valence-corrected chi connectivity index (χ4v) is 3.12. The minimum Gasteiger partial charge on any atom is -0.494 e. The number of benzene rings is 1. The third-order valence-corrected chi connectivity index (χ3v) is 4.76. The Morgan fingerprint density at radius 2 is 1.96 bits per heavy atom. The zero-order valence-corrected chi connectivity index (χ0v) is 15.6. The molecule has 1 N–H and O–H groups in total. The summed E-state index contributed by atoms with van der Waals surface area (Å²) in [7, 11) is 1.46. The summed E-state index contributed by atoms with van der Waals surface area (Å²) in [6.45, 7) is 5.71. The highest BCUT2D eigenvalue weighted by molar-refractivity contribution is 5.93. The summed E-state index contributed by atoms with van der Waals surface area (Å²) in [5, 5.41) is 2.74. The van der Waals surface area contributed by atoms with Gasteiger partial charge in [0, 0.05) is 45.1 Å². The molecule has 8 heteroatoms. The minimum atomic E-state index is -0.345. The van der Waals surface area contributed by atoms with E-state index < -0.39 is 0 Å². The van der Waals surface area contributed by atoms with Gasteiger partial charge in [-0.15, -0.1) is 0 Å². The Morgan fingerprint density at radius 3 is 2.59 bits per heavy atom. The Kier molecular flexibility index (Phi) is 6.31. The number of carbonyl (C=O) groups is 1. The number of nitrogens with one attached hydrogen (secondary N) is 1. The summed E-state index contributed by atoms with van der Waals surface area (Å²) in [4.78, 5) is 24.8. The van der Waals surface area contributed by atoms with E-state index in [0.29, 0.717) is 12.5 Å². The van der Waals surface area contributed by atoms with Gasteiger partial charge in [-0.25, -0.2) is 14.4 Å². The Bertz CT molecular complexity index is 766. The van der Waals surface area contributed by atoms with Gasteiger partial charge >= 0.3 is 0 Å². The van der Waals surface area contributed by atoms with Gasteiger partial charge in [0.25, 0.3) is 0 Å². The molecular formula is C19H24FN5O2. The molecule has 1 saturated heterocycles. The van der Waals surface area contributed by atoms with Gasteiger partial charge in [-0.2, -0.15) is 0 Å². The summed E-state index contributed by atoms with van der Waals surface area (Å²) < 4.78 is 18.8. The molecule has 0 saturated carbocycles. The quantitative estimate of drug-likeness (QED) is 0.832. The molecule has 0 spiro atoms. The number of hydrogen-bond donors (Lipinski definition) is 1. The molecule has 0 aliphatic carbocycles. The Balaban J connectivity index is 1.49. The molecule has 0 radical (unpaired) electrons. The van der Waals surface area contributed by atoms with Crippen molar-refractivity contribution in [3.8, 4) is 5.75 Å². The Hall–Kier alpha value is -2.58. The fourth-order valence-electron chi connectivity index (χ4n) is 3.12. The number of halogens is 1. The molecule has 1 aromatic heterocycles. The number of carbonyl (C=O) groups excluding carboxylic acids is 1. The topological polar surface area (TPSA) is 70.6 Å². The molecule has 1 fully saturated rings. The average molecular weight is 373 g/mol. The number of nitrogens with zero attached hydrogens (tertiary/aromatic N) is 4. The normalized spacial score (nSPS) is 16.7. The van der Waals surface area contributed by atoms with E-state index in [1.54, 1.807) is 24.5 Å². The second kappa shape index (κ2) is 8.88. The lowest BCUT2D eigenvalue weighted by atomic mass is 10.1. The van der Waals surface area contributed by atoms with Gasteiger partial charge in [0.05, 0.1) is 13.2 Å². The van der Waals surface area contributed by atoms with Crippen molar-refractivity contribution in [3.05, 3.63) is 48.0 Å². The van der Waals surface area contributed by atoms with Gasteiger partial charge in [-0.1, -0.05) is 6.07 Å². The van der Waals surface area contributed by atoms with Crippen LogP contribution >= 0.6 is 0 Å². The van der Waals surface area contributed by atoms with Gasteiger partial charge in [-0.05, 0) is 30.7 Å². The molecule has 1 aromatic carbocycles. The fraction of sp³-hybridized carbons (Fsp3) is 0.421. The maximum atomic E-state index is 13.8. The van der Waals surface area contributed by atoms with Gasteiger partial charge in [0.15, 0.2) is 11.6 Å². The molecule has 1 aliphatic rings. The number of ether oxygens (including phenoxy) is 1. The lowest BCUT2D eigenvalue weighted by Crippen LogP contribution is -2.52. The maximum Gasteiger partial charge on any atom is 0.243 e. The van der Waals surface area contributed by atoms with Crippen LogP contribution in [0.15, 0.2) is 36.7 Å². The number of hydrogen-bond acceptors (Lipinski definition) is 6. The van der Waals surface area contributed by atoms with E-state index in [0.717, 1.165) is 31.7 Å². The zero-order valence-electron chi connectivity index (χ0n) is 15.6. The molecule has 1 unspecified atom stereocenters. The van der Waals surface area contributed by atoms with Gasteiger partial charge in [0.2, 0.25) is 11.9 Å². The van der Waals surface area contributed by atoms with Crippen LogP contribution in [-0.4, -0.2) is 65.0 Å². The van der Waals surface area contributed by atoms with Gasteiger partial charge in [-0.3, -0.25) is 19.9 Å². The van der Waals surface area contributed by atoms with Crippen LogP contribution in [0.2, 0.25) is 0 Å². The van der Waals surface area contributed by atoms with Crippen molar-refractivity contribution in [1.29, 1.82) is 0 Å². The number of rotatable bonds is 6. The van der Waals surface area contributed by atoms with Crippen molar-refractivity contribution in [1.82, 2.24) is 19.8 Å². The lowest BCUT2D eigenvalue weighted by molar-refractivity contribution is -0.121. The number of methoxy groups -OCH3 is 1. The Labute approximate surface area is 158 Å². The first kappa shape index (κ1) is 19.2. The number of piperazine rings is 1. The van der Waals surface area contributed by atoms with E-state index >= 15 is 0 Å². The second-order valence-corrected chi connectivity index (χ2v) is 6.52. The molecular weight excluding hydrogens is 349 g/mol. The van der Waals surface area contributed by atoms with Gasteiger partial charge in [0.1, 0.15) is 0 Å². The van der Waals surface area contributed by atoms with Gasteiger partial charge < -0.3 is 4.74 Å². The Morgan fingerprint density at radius 1 is 1.26 bits per heavy atom. The molecule has 1 amide bonds. The average Bonchev–Trinajstić information content (AvgIpc) is 2.69. The molecule has 3 rings (SSSR count). The first-order valence-corrected chi connectivity index (χ1v) is 8.93. The smallest absolute Gasteiger partial charge is 0.243 e. The van der Waals surface area contributed by atoms with Crippen LogP contribution in [-0.2, 0) is 11.3 Å². The van der Waals surface area contributed by atoms with Crippen LogP contribution in [0.4, 0.5) is 10.3 Å². The zero-order chi connectivity index (χ0) is 19.2. The predicted molar refractivity (Wildman–Crippen MR) is 99.9 cm³/mol. The molecule has 1 atom stereocenters. The van der Waals surface area contributed by atoms with Crippen molar-refractivity contribution >= 4 is 11.9 Å². The van der Waals surface area contributed by atoms with E-state index in [-0.39, 0.29) is 23.5 Å². The van der Waals surface area contributed by atoms with Crippen LogP contribution < -0.4 is 10.1 Å². The van der Waals surface area contributed by atoms with Crippen LogP contribution in [0.5, 0.6) is 5.75 Å². The number of anilines is 1. The molecule has 2 heterocycles. The summed E-state index contributed by atoms with van der Waals surface area (Å²) in [6.07, 6.45) is 3.18.